The summed E-state index contributed by atoms with van der Waals surface area (Å²) >= 11 is 7.12. The summed E-state index contributed by atoms with van der Waals surface area (Å²) in [6.45, 7) is 2.99. The van der Waals surface area contributed by atoms with Gasteiger partial charge in [-0.3, -0.25) is 14.4 Å². The van der Waals surface area contributed by atoms with Crippen LogP contribution in [0.1, 0.15) is 32.5 Å². The van der Waals surface area contributed by atoms with Crippen molar-refractivity contribution in [2.24, 2.45) is 0 Å². The van der Waals surface area contributed by atoms with Crippen molar-refractivity contribution >= 4 is 41.3 Å². The van der Waals surface area contributed by atoms with Crippen molar-refractivity contribution < 1.29 is 46.5 Å². The summed E-state index contributed by atoms with van der Waals surface area (Å²) in [6.07, 6.45) is -1.19. The average molecular weight is 640 g/mol. The number of nitrogens with zero attached hydrogens (tertiary/aromatic N) is 5. The first-order valence-electron chi connectivity index (χ1n) is 12.3. The molecular formula is C26H21ClF3N5O7S. The number of thioether (sulfide) groups is 1. The minimum Gasteiger partial charge on any atom is -0.463 e. The van der Waals surface area contributed by atoms with Gasteiger partial charge in [-0.15, -0.1) is 5.10 Å². The van der Waals surface area contributed by atoms with E-state index in [1.165, 1.54) is 18.5 Å². The lowest BCUT2D eigenvalue weighted by Crippen LogP contribution is -2.57. The molecular weight excluding hydrogens is 619 g/mol. The Morgan fingerprint density at radius 2 is 1.72 bits per heavy atom. The van der Waals surface area contributed by atoms with Crippen LogP contribution in [0.4, 0.5) is 13.2 Å². The summed E-state index contributed by atoms with van der Waals surface area (Å²) in [4.78, 5) is 40.5. The Hall–Kier alpha value is -4.20. The van der Waals surface area contributed by atoms with Crippen molar-refractivity contribution in [1.82, 2.24) is 20.0 Å². The highest BCUT2D eigenvalue weighted by Gasteiger charge is 2.52. The maximum Gasteiger partial charge on any atom is 0.303 e. The number of benzene rings is 1. The fraction of sp³-hybridized carbons (Fsp3) is 0.346. The molecule has 0 saturated carbocycles. The molecule has 3 aromatic rings. The van der Waals surface area contributed by atoms with Gasteiger partial charge in [-0.2, -0.15) is 5.26 Å². The molecule has 5 atom stereocenters. The van der Waals surface area contributed by atoms with Gasteiger partial charge in [0.15, 0.2) is 35.4 Å². The van der Waals surface area contributed by atoms with Gasteiger partial charge in [0.25, 0.3) is 0 Å². The van der Waals surface area contributed by atoms with Crippen LogP contribution in [0.25, 0.3) is 11.3 Å². The highest BCUT2D eigenvalue weighted by atomic mass is 35.5. The normalized spacial score (nSPS) is 21.5. The van der Waals surface area contributed by atoms with E-state index in [0.717, 1.165) is 37.2 Å². The van der Waals surface area contributed by atoms with Gasteiger partial charge < -0.3 is 18.9 Å². The Morgan fingerprint density at radius 3 is 2.30 bits per heavy atom. The van der Waals surface area contributed by atoms with Gasteiger partial charge in [0.2, 0.25) is 0 Å². The number of aromatic nitrogens is 4. The second-order valence-corrected chi connectivity index (χ2v) is 10.6. The molecule has 2 aromatic heterocycles. The van der Waals surface area contributed by atoms with E-state index in [2.05, 4.69) is 15.3 Å². The SMILES string of the molecule is CC(=O)OC[C@H]1O[C@H](Sc2cnc(C#N)c(Cl)c2)[C@H](OC(C)=O)[C@@H](n2cc(-c3cc(F)c(F)c(F)c3)nn2)[C@H]1OC(C)=O. The zero-order valence-corrected chi connectivity index (χ0v) is 24.1. The molecule has 0 radical (unpaired) electrons. The van der Waals surface area contributed by atoms with Gasteiger partial charge in [-0.05, 0) is 18.2 Å². The van der Waals surface area contributed by atoms with Gasteiger partial charge in [-0.1, -0.05) is 28.6 Å². The molecule has 0 spiro atoms. The Labute approximate surface area is 251 Å². The van der Waals surface area contributed by atoms with Gasteiger partial charge in [0.1, 0.15) is 36.0 Å². The van der Waals surface area contributed by atoms with Gasteiger partial charge in [-0.25, -0.2) is 22.8 Å². The summed E-state index contributed by atoms with van der Waals surface area (Å²) in [6, 6.07) is 3.49. The summed E-state index contributed by atoms with van der Waals surface area (Å²) < 4.78 is 65.1. The first-order valence-corrected chi connectivity index (χ1v) is 13.6. The number of halogens is 4. The van der Waals surface area contributed by atoms with E-state index < -0.39 is 71.8 Å². The Kier molecular flexibility index (Phi) is 9.89. The fourth-order valence-electron chi connectivity index (χ4n) is 4.24. The molecule has 17 heteroatoms. The third-order valence-corrected chi connectivity index (χ3v) is 7.34. The highest BCUT2D eigenvalue weighted by molar-refractivity contribution is 7.99. The number of hydrogen-bond acceptors (Lipinski definition) is 12. The van der Waals surface area contributed by atoms with Crippen LogP contribution in [-0.2, 0) is 33.3 Å². The molecule has 0 aliphatic carbocycles. The minimum absolute atomic E-state index is 0.0311. The smallest absolute Gasteiger partial charge is 0.303 e. The van der Waals surface area contributed by atoms with E-state index in [4.69, 9.17) is 35.8 Å². The van der Waals surface area contributed by atoms with Crippen molar-refractivity contribution in [3.8, 4) is 17.3 Å². The zero-order chi connectivity index (χ0) is 31.4. The number of carbonyl (C=O) groups excluding carboxylic acids is 3. The maximum absolute atomic E-state index is 14.0. The van der Waals surface area contributed by atoms with E-state index in [0.29, 0.717) is 17.0 Å². The summed E-state index contributed by atoms with van der Waals surface area (Å²) in [5, 5.41) is 17.1. The van der Waals surface area contributed by atoms with E-state index >= 15 is 0 Å². The molecule has 0 unspecified atom stereocenters. The van der Waals surface area contributed by atoms with Gasteiger partial charge in [0, 0.05) is 37.4 Å². The van der Waals surface area contributed by atoms with Crippen molar-refractivity contribution in [3.63, 3.8) is 0 Å². The summed E-state index contributed by atoms with van der Waals surface area (Å²) in [5.74, 6) is -6.79. The number of hydrogen-bond donors (Lipinski definition) is 0. The molecule has 226 valence electrons. The fourth-order valence-corrected chi connectivity index (χ4v) is 5.63. The summed E-state index contributed by atoms with van der Waals surface area (Å²) in [5.41, 5.74) is -1.41. The highest BCUT2D eigenvalue weighted by Crippen LogP contribution is 2.42. The lowest BCUT2D eigenvalue weighted by molar-refractivity contribution is -0.212. The molecule has 1 aromatic carbocycles. The van der Waals surface area contributed by atoms with Crippen molar-refractivity contribution in [2.45, 2.75) is 55.5 Å². The van der Waals surface area contributed by atoms with Crippen LogP contribution in [0.5, 0.6) is 0 Å². The first kappa shape index (κ1) is 31.7. The number of carbonyl (C=O) groups is 3. The molecule has 1 fully saturated rings. The Morgan fingerprint density at radius 1 is 1.07 bits per heavy atom. The Balaban J connectivity index is 1.82. The third kappa shape index (κ3) is 7.42. The van der Waals surface area contributed by atoms with E-state index in [9.17, 15) is 27.6 Å². The van der Waals surface area contributed by atoms with Crippen molar-refractivity contribution in [3.05, 3.63) is 58.8 Å². The van der Waals surface area contributed by atoms with Gasteiger partial charge in [0.05, 0.1) is 11.2 Å². The number of rotatable bonds is 8. The van der Waals surface area contributed by atoms with Crippen molar-refractivity contribution in [1.29, 1.82) is 5.26 Å². The van der Waals surface area contributed by atoms with E-state index in [-0.39, 0.29) is 22.0 Å². The lowest BCUT2D eigenvalue weighted by atomic mass is 9.96. The van der Waals surface area contributed by atoms with Crippen LogP contribution >= 0.6 is 23.4 Å². The molecule has 1 aliphatic heterocycles. The summed E-state index contributed by atoms with van der Waals surface area (Å²) in [7, 11) is 0. The average Bonchev–Trinajstić information content (AvgIpc) is 3.41. The quantitative estimate of drug-likeness (QED) is 0.200. The third-order valence-electron chi connectivity index (χ3n) is 5.94. The first-order chi connectivity index (χ1) is 20.4. The lowest BCUT2D eigenvalue weighted by Gasteiger charge is -2.44. The maximum atomic E-state index is 14.0. The predicted octanol–water partition coefficient (Wildman–Crippen LogP) is 3.77. The predicted molar refractivity (Wildman–Crippen MR) is 141 cm³/mol. The van der Waals surface area contributed by atoms with Crippen LogP contribution in [0.3, 0.4) is 0 Å². The van der Waals surface area contributed by atoms with Gasteiger partial charge >= 0.3 is 17.9 Å². The van der Waals surface area contributed by atoms with E-state index in [1.807, 2.05) is 6.07 Å². The van der Waals surface area contributed by atoms with Crippen LogP contribution in [-0.4, -0.2) is 68.2 Å². The standard InChI is InChI=1S/C26H21ClF3N5O7S/c1-11(36)39-10-21-24(40-12(2)37)23(35-9-20(33-34-35)14-4-17(28)22(30)18(29)5-14)25(41-13(3)38)26(42-21)43-15-6-16(27)19(7-31)32-8-15/h4-6,8-9,21,23-26H,10H2,1-3H3/t21-,23+,24+,25-,26-/m1/s1. The largest absolute Gasteiger partial charge is 0.463 e. The molecule has 1 saturated heterocycles. The number of pyridine rings is 1. The number of ether oxygens (including phenoxy) is 4. The van der Waals surface area contributed by atoms with Crippen LogP contribution in [0.2, 0.25) is 5.02 Å². The topological polar surface area (TPSA) is 156 Å². The minimum atomic E-state index is -1.67. The molecule has 0 N–H and O–H groups in total. The Bertz CT molecular complexity index is 1580. The zero-order valence-electron chi connectivity index (χ0n) is 22.5. The van der Waals surface area contributed by atoms with Crippen LogP contribution in [0, 0.1) is 28.8 Å². The van der Waals surface area contributed by atoms with E-state index in [1.54, 1.807) is 0 Å². The molecule has 3 heterocycles. The molecule has 0 amide bonds. The van der Waals surface area contributed by atoms with Crippen LogP contribution < -0.4 is 0 Å². The molecule has 4 rings (SSSR count). The molecule has 0 bridgehead atoms. The van der Waals surface area contributed by atoms with Crippen molar-refractivity contribution in [2.75, 3.05) is 6.61 Å². The molecule has 12 nitrogen and oxygen atoms in total. The monoisotopic (exact) mass is 639 g/mol. The number of esters is 3. The second kappa shape index (κ2) is 13.4. The number of nitriles is 1. The second-order valence-electron chi connectivity index (χ2n) is 9.05. The molecule has 43 heavy (non-hydrogen) atoms. The van der Waals surface area contributed by atoms with Crippen LogP contribution in [0.15, 0.2) is 35.5 Å². The molecule has 1 aliphatic rings.